The normalized spacial score (nSPS) is 7.75. The summed E-state index contributed by atoms with van der Waals surface area (Å²) in [5.41, 5.74) is 0.185. The summed E-state index contributed by atoms with van der Waals surface area (Å²) in [5, 5.41) is 8.15. The summed E-state index contributed by atoms with van der Waals surface area (Å²) < 4.78 is 0. The molecule has 0 heterocycles. The van der Waals surface area contributed by atoms with Crippen LogP contribution in [0.15, 0.2) is 5.57 Å². The second kappa shape index (κ2) is 3.01. The first-order valence-electron chi connectivity index (χ1n) is 2.37. The van der Waals surface area contributed by atoms with Gasteiger partial charge in [-0.15, -0.1) is 0 Å². The average Bonchev–Trinajstić information content (AvgIpc) is 1.69. The Morgan fingerprint density at radius 3 is 2.12 bits per heavy atom. The van der Waals surface area contributed by atoms with Crippen LogP contribution in [-0.4, -0.2) is 5.94 Å². The Labute approximate surface area is 48.4 Å². The molecule has 0 aliphatic heterocycles. The van der Waals surface area contributed by atoms with Crippen molar-refractivity contribution < 1.29 is 4.79 Å². The highest BCUT2D eigenvalue weighted by atomic mass is 16.1. The summed E-state index contributed by atoms with van der Waals surface area (Å²) in [6.07, 6.45) is 0. The SMILES string of the molecule is CC(C)C(=C=O)C#N. The molecule has 0 aliphatic rings. The van der Waals surface area contributed by atoms with Crippen molar-refractivity contribution in [1.82, 2.24) is 0 Å². The van der Waals surface area contributed by atoms with E-state index < -0.39 is 0 Å². The molecule has 42 valence electrons. The molecule has 0 radical (unpaired) electrons. The lowest BCUT2D eigenvalue weighted by Crippen LogP contribution is -1.89. The van der Waals surface area contributed by atoms with Crippen molar-refractivity contribution in [2.45, 2.75) is 13.8 Å². The molecule has 0 rings (SSSR count). The van der Waals surface area contributed by atoms with Crippen molar-refractivity contribution in [3.63, 3.8) is 0 Å². The largest absolute Gasteiger partial charge is 0.232 e. The lowest BCUT2D eigenvalue weighted by Gasteiger charge is -1.91. The van der Waals surface area contributed by atoms with Gasteiger partial charge >= 0.3 is 0 Å². The number of hydrogen-bond acceptors (Lipinski definition) is 2. The van der Waals surface area contributed by atoms with Gasteiger partial charge in [-0.25, -0.2) is 4.79 Å². The summed E-state index contributed by atoms with van der Waals surface area (Å²) >= 11 is 0. The lowest BCUT2D eigenvalue weighted by molar-refractivity contribution is 0.564. The molecule has 0 fully saturated rings. The number of allylic oxidation sites excluding steroid dienone is 1. The summed E-state index contributed by atoms with van der Waals surface area (Å²) in [6.45, 7) is 3.56. The molecule has 0 N–H and O–H groups in total. The molecule has 0 bridgehead atoms. The van der Waals surface area contributed by atoms with E-state index >= 15 is 0 Å². The van der Waals surface area contributed by atoms with Gasteiger partial charge in [0.25, 0.3) is 0 Å². The van der Waals surface area contributed by atoms with Gasteiger partial charge < -0.3 is 0 Å². The van der Waals surface area contributed by atoms with Crippen LogP contribution < -0.4 is 0 Å². The number of rotatable bonds is 1. The minimum absolute atomic E-state index is 0.0116. The monoisotopic (exact) mass is 109 g/mol. The van der Waals surface area contributed by atoms with Crippen LogP contribution in [-0.2, 0) is 4.79 Å². The molecule has 0 aromatic heterocycles. The molecular weight excluding hydrogens is 102 g/mol. The summed E-state index contributed by atoms with van der Waals surface area (Å²) in [4.78, 5) is 9.79. The van der Waals surface area contributed by atoms with Gasteiger partial charge in [0.05, 0.1) is 0 Å². The summed E-state index contributed by atoms with van der Waals surface area (Å²) in [7, 11) is 0. The van der Waals surface area contributed by atoms with Gasteiger partial charge in [-0.2, -0.15) is 5.26 Å². The number of hydrogen-bond donors (Lipinski definition) is 0. The van der Waals surface area contributed by atoms with Gasteiger partial charge in [-0.05, 0) is 5.92 Å². The Kier molecular flexibility index (Phi) is 2.61. The Morgan fingerprint density at radius 2 is 2.12 bits per heavy atom. The van der Waals surface area contributed by atoms with Crippen molar-refractivity contribution >= 4 is 5.94 Å². The maximum absolute atomic E-state index is 9.79. The second-order valence-corrected chi connectivity index (χ2v) is 1.78. The Bertz CT molecular complexity index is 158. The third-order valence-electron chi connectivity index (χ3n) is 0.808. The van der Waals surface area contributed by atoms with E-state index in [0.29, 0.717) is 0 Å². The predicted molar refractivity (Wildman–Crippen MR) is 29.7 cm³/mol. The minimum atomic E-state index is 0.0116. The number of nitriles is 1. The van der Waals surface area contributed by atoms with Crippen LogP contribution in [0, 0.1) is 17.2 Å². The van der Waals surface area contributed by atoms with Crippen molar-refractivity contribution in [3.05, 3.63) is 5.57 Å². The van der Waals surface area contributed by atoms with E-state index in [2.05, 4.69) is 0 Å². The molecule has 0 unspecified atom stereocenters. The third-order valence-corrected chi connectivity index (χ3v) is 0.808. The Morgan fingerprint density at radius 1 is 1.62 bits per heavy atom. The van der Waals surface area contributed by atoms with Gasteiger partial charge in [0.15, 0.2) is 0 Å². The molecule has 8 heavy (non-hydrogen) atoms. The number of nitrogens with zero attached hydrogens (tertiary/aromatic N) is 1. The number of carbonyl (C=O) groups excluding carboxylic acids is 1. The fourth-order valence-electron chi connectivity index (χ4n) is 0.270. The van der Waals surface area contributed by atoms with Gasteiger partial charge in [-0.3, -0.25) is 0 Å². The highest BCUT2D eigenvalue weighted by Gasteiger charge is 1.99. The van der Waals surface area contributed by atoms with Crippen LogP contribution in [0.1, 0.15) is 13.8 Å². The summed E-state index contributed by atoms with van der Waals surface area (Å²) in [5.74, 6) is 1.57. The van der Waals surface area contributed by atoms with Crippen LogP contribution in [0.5, 0.6) is 0 Å². The zero-order chi connectivity index (χ0) is 6.57. The molecule has 0 saturated carbocycles. The van der Waals surface area contributed by atoms with Gasteiger partial charge in [0.1, 0.15) is 17.6 Å². The maximum Gasteiger partial charge on any atom is 0.139 e. The Hall–Kier alpha value is -1.06. The summed E-state index contributed by atoms with van der Waals surface area (Å²) in [6, 6.07) is 1.74. The maximum atomic E-state index is 9.79. The van der Waals surface area contributed by atoms with Crippen LogP contribution in [0.4, 0.5) is 0 Å². The van der Waals surface area contributed by atoms with Crippen molar-refractivity contribution in [2.24, 2.45) is 5.92 Å². The molecule has 0 spiro atoms. The second-order valence-electron chi connectivity index (χ2n) is 1.78. The standard InChI is InChI=1S/C6H7NO/c1-5(2)6(3-7)4-8/h5H,1-2H3. The zero-order valence-electron chi connectivity index (χ0n) is 4.93. The van der Waals surface area contributed by atoms with Crippen LogP contribution in [0.3, 0.4) is 0 Å². The van der Waals surface area contributed by atoms with E-state index in [1.54, 1.807) is 25.9 Å². The van der Waals surface area contributed by atoms with E-state index in [9.17, 15) is 4.79 Å². The van der Waals surface area contributed by atoms with Crippen molar-refractivity contribution in [3.8, 4) is 6.07 Å². The molecular formula is C6H7NO. The molecule has 2 nitrogen and oxygen atoms in total. The predicted octanol–water partition coefficient (Wildman–Crippen LogP) is 0.924. The molecule has 0 amide bonds. The van der Waals surface area contributed by atoms with E-state index in [4.69, 9.17) is 5.26 Å². The molecule has 0 aromatic carbocycles. The van der Waals surface area contributed by atoms with Gasteiger partial charge in [0, 0.05) is 0 Å². The first-order valence-corrected chi connectivity index (χ1v) is 2.37. The first kappa shape index (κ1) is 6.94. The fourth-order valence-corrected chi connectivity index (χ4v) is 0.270. The van der Waals surface area contributed by atoms with Gasteiger partial charge in [-0.1, -0.05) is 13.8 Å². The third kappa shape index (κ3) is 1.59. The van der Waals surface area contributed by atoms with Crippen molar-refractivity contribution in [1.29, 1.82) is 5.26 Å². The fraction of sp³-hybridized carbons (Fsp3) is 0.500. The highest BCUT2D eigenvalue weighted by molar-refractivity contribution is 5.59. The highest BCUT2D eigenvalue weighted by Crippen LogP contribution is 2.01. The lowest BCUT2D eigenvalue weighted by atomic mass is 10.1. The van der Waals surface area contributed by atoms with E-state index in [1.165, 1.54) is 0 Å². The molecule has 0 saturated heterocycles. The van der Waals surface area contributed by atoms with Gasteiger partial charge in [0.2, 0.25) is 0 Å². The first-order chi connectivity index (χ1) is 3.72. The average molecular weight is 109 g/mol. The van der Waals surface area contributed by atoms with E-state index in [-0.39, 0.29) is 11.5 Å². The molecule has 0 aromatic rings. The van der Waals surface area contributed by atoms with E-state index in [0.717, 1.165) is 0 Å². The Balaban J connectivity index is 4.20. The molecule has 0 atom stereocenters. The van der Waals surface area contributed by atoms with Crippen LogP contribution in [0.25, 0.3) is 0 Å². The molecule has 2 heteroatoms. The smallest absolute Gasteiger partial charge is 0.139 e. The zero-order valence-corrected chi connectivity index (χ0v) is 4.93. The topological polar surface area (TPSA) is 40.9 Å². The van der Waals surface area contributed by atoms with Crippen LogP contribution >= 0.6 is 0 Å². The quantitative estimate of drug-likeness (QED) is 0.371. The van der Waals surface area contributed by atoms with Crippen LogP contribution in [0.2, 0.25) is 0 Å². The molecule has 0 aliphatic carbocycles. The van der Waals surface area contributed by atoms with Crippen molar-refractivity contribution in [2.75, 3.05) is 0 Å². The van der Waals surface area contributed by atoms with E-state index in [1.807, 2.05) is 0 Å². The minimum Gasteiger partial charge on any atom is -0.232 e.